The SMILES string of the molecule is CC1CCC2(CC1)NC(=O)N(c1cc(Cl)cc(Cl)c1)C2=O. The number of nitrogens with one attached hydrogen (secondary N) is 1. The van der Waals surface area contributed by atoms with Crippen LogP contribution in [0.1, 0.15) is 32.6 Å². The summed E-state index contributed by atoms with van der Waals surface area (Å²) >= 11 is 11.9. The molecule has 1 heterocycles. The number of amides is 3. The molecule has 21 heavy (non-hydrogen) atoms. The topological polar surface area (TPSA) is 49.4 Å². The fourth-order valence-corrected chi connectivity index (χ4v) is 3.63. The van der Waals surface area contributed by atoms with Gasteiger partial charge in [0, 0.05) is 10.0 Å². The molecule has 0 radical (unpaired) electrons. The average Bonchev–Trinajstić information content (AvgIpc) is 2.64. The second kappa shape index (κ2) is 5.18. The number of halogens is 2. The van der Waals surface area contributed by atoms with E-state index < -0.39 is 11.6 Å². The van der Waals surface area contributed by atoms with E-state index in [0.717, 1.165) is 17.7 Å². The van der Waals surface area contributed by atoms with Crippen LogP contribution in [-0.2, 0) is 4.79 Å². The Morgan fingerprint density at radius 2 is 1.71 bits per heavy atom. The van der Waals surface area contributed by atoms with Gasteiger partial charge in [0.05, 0.1) is 5.69 Å². The van der Waals surface area contributed by atoms with Crippen molar-refractivity contribution in [2.24, 2.45) is 5.92 Å². The van der Waals surface area contributed by atoms with E-state index in [0.29, 0.717) is 34.5 Å². The van der Waals surface area contributed by atoms with Crippen LogP contribution in [-0.4, -0.2) is 17.5 Å². The monoisotopic (exact) mass is 326 g/mol. The summed E-state index contributed by atoms with van der Waals surface area (Å²) in [5.41, 5.74) is -0.330. The third-order valence-electron chi connectivity index (χ3n) is 4.40. The van der Waals surface area contributed by atoms with Crippen LogP contribution in [0.15, 0.2) is 18.2 Å². The molecule has 3 amide bonds. The minimum atomic E-state index is -0.752. The molecule has 112 valence electrons. The van der Waals surface area contributed by atoms with Crippen LogP contribution in [0.5, 0.6) is 0 Å². The van der Waals surface area contributed by atoms with E-state index >= 15 is 0 Å². The smallest absolute Gasteiger partial charge is 0.323 e. The Hall–Kier alpha value is -1.26. The molecule has 2 fully saturated rings. The first-order valence-corrected chi connectivity index (χ1v) is 7.80. The third kappa shape index (κ3) is 2.51. The predicted molar refractivity (Wildman–Crippen MR) is 82.8 cm³/mol. The molecule has 1 aliphatic carbocycles. The Bertz CT molecular complexity index is 589. The number of urea groups is 1. The fraction of sp³-hybridized carbons (Fsp3) is 0.467. The number of rotatable bonds is 1. The van der Waals surface area contributed by atoms with E-state index in [9.17, 15) is 9.59 Å². The van der Waals surface area contributed by atoms with Gasteiger partial charge >= 0.3 is 6.03 Å². The molecule has 1 saturated heterocycles. The highest BCUT2D eigenvalue weighted by molar-refractivity contribution is 6.35. The normalized spacial score (nSPS) is 29.1. The molecule has 0 unspecified atom stereocenters. The van der Waals surface area contributed by atoms with E-state index in [2.05, 4.69) is 12.2 Å². The first-order chi connectivity index (χ1) is 9.91. The standard InChI is InChI=1S/C15H16Cl2N2O2/c1-9-2-4-15(5-3-9)13(20)19(14(21)18-15)12-7-10(16)6-11(17)8-12/h6-9H,2-5H2,1H3,(H,18,21). The Morgan fingerprint density at radius 3 is 2.29 bits per heavy atom. The van der Waals surface area contributed by atoms with Crippen LogP contribution in [0.3, 0.4) is 0 Å². The average molecular weight is 327 g/mol. The molecule has 3 rings (SSSR count). The molecule has 1 spiro atoms. The summed E-state index contributed by atoms with van der Waals surface area (Å²) in [6.07, 6.45) is 3.25. The van der Waals surface area contributed by atoms with Crippen LogP contribution in [0.4, 0.5) is 10.5 Å². The molecule has 1 aromatic rings. The highest BCUT2D eigenvalue weighted by atomic mass is 35.5. The van der Waals surface area contributed by atoms with E-state index in [-0.39, 0.29) is 5.91 Å². The molecule has 0 aromatic heterocycles. The Kier molecular flexibility index (Phi) is 3.62. The van der Waals surface area contributed by atoms with Crippen molar-refractivity contribution in [3.63, 3.8) is 0 Å². The van der Waals surface area contributed by atoms with Crippen LogP contribution in [0.25, 0.3) is 0 Å². The summed E-state index contributed by atoms with van der Waals surface area (Å²) in [7, 11) is 0. The second-order valence-corrected chi connectivity index (χ2v) is 6.84. The summed E-state index contributed by atoms with van der Waals surface area (Å²) < 4.78 is 0. The lowest BCUT2D eigenvalue weighted by Crippen LogP contribution is -2.49. The summed E-state index contributed by atoms with van der Waals surface area (Å²) in [6.45, 7) is 2.17. The number of imide groups is 1. The van der Waals surface area contributed by atoms with Crippen LogP contribution in [0.2, 0.25) is 10.0 Å². The molecule has 1 aromatic carbocycles. The molecule has 1 N–H and O–H groups in total. The molecule has 2 aliphatic rings. The molecule has 0 atom stereocenters. The number of hydrogen-bond acceptors (Lipinski definition) is 2. The van der Waals surface area contributed by atoms with Gasteiger partial charge in [0.25, 0.3) is 5.91 Å². The van der Waals surface area contributed by atoms with Gasteiger partial charge < -0.3 is 5.32 Å². The third-order valence-corrected chi connectivity index (χ3v) is 4.83. The van der Waals surface area contributed by atoms with Gasteiger partial charge in [-0.3, -0.25) is 4.79 Å². The minimum Gasteiger partial charge on any atom is -0.323 e. The Labute approximate surface area is 133 Å². The highest BCUT2D eigenvalue weighted by Crippen LogP contribution is 2.38. The van der Waals surface area contributed by atoms with Crippen LogP contribution < -0.4 is 10.2 Å². The number of benzene rings is 1. The summed E-state index contributed by atoms with van der Waals surface area (Å²) in [5, 5.41) is 3.68. The van der Waals surface area contributed by atoms with Gasteiger partial charge in [0.15, 0.2) is 0 Å². The van der Waals surface area contributed by atoms with Gasteiger partial charge in [-0.05, 0) is 49.8 Å². The first-order valence-electron chi connectivity index (χ1n) is 7.04. The van der Waals surface area contributed by atoms with Crippen molar-refractivity contribution in [2.45, 2.75) is 38.1 Å². The molecular weight excluding hydrogens is 311 g/mol. The van der Waals surface area contributed by atoms with Crippen molar-refractivity contribution >= 4 is 40.8 Å². The molecule has 6 heteroatoms. The van der Waals surface area contributed by atoms with E-state index in [1.165, 1.54) is 0 Å². The zero-order valence-electron chi connectivity index (χ0n) is 11.7. The number of carbonyl (C=O) groups is 2. The highest BCUT2D eigenvalue weighted by Gasteiger charge is 2.52. The fourth-order valence-electron chi connectivity index (χ4n) is 3.12. The lowest BCUT2D eigenvalue weighted by molar-refractivity contribution is -0.123. The van der Waals surface area contributed by atoms with E-state index in [4.69, 9.17) is 23.2 Å². The molecule has 1 aliphatic heterocycles. The van der Waals surface area contributed by atoms with Crippen molar-refractivity contribution in [3.8, 4) is 0 Å². The van der Waals surface area contributed by atoms with Gasteiger partial charge in [-0.1, -0.05) is 30.1 Å². The van der Waals surface area contributed by atoms with Crippen molar-refractivity contribution in [2.75, 3.05) is 4.90 Å². The number of nitrogens with zero attached hydrogens (tertiary/aromatic N) is 1. The largest absolute Gasteiger partial charge is 0.329 e. The summed E-state index contributed by atoms with van der Waals surface area (Å²) in [6, 6.07) is 4.33. The van der Waals surface area contributed by atoms with Gasteiger partial charge in [-0.15, -0.1) is 0 Å². The van der Waals surface area contributed by atoms with E-state index in [1.54, 1.807) is 18.2 Å². The van der Waals surface area contributed by atoms with Crippen molar-refractivity contribution in [3.05, 3.63) is 28.2 Å². The molecule has 0 bridgehead atoms. The first kappa shape index (κ1) is 14.7. The lowest BCUT2D eigenvalue weighted by Gasteiger charge is -2.33. The van der Waals surface area contributed by atoms with Crippen molar-refractivity contribution in [1.82, 2.24) is 5.32 Å². The zero-order valence-corrected chi connectivity index (χ0v) is 13.2. The minimum absolute atomic E-state index is 0.197. The molecule has 1 saturated carbocycles. The predicted octanol–water partition coefficient (Wildman–Crippen LogP) is 4.00. The Morgan fingerprint density at radius 1 is 1.14 bits per heavy atom. The second-order valence-electron chi connectivity index (χ2n) is 5.96. The van der Waals surface area contributed by atoms with Gasteiger partial charge in [0.2, 0.25) is 0 Å². The van der Waals surface area contributed by atoms with Gasteiger partial charge in [-0.2, -0.15) is 0 Å². The summed E-state index contributed by atoms with van der Waals surface area (Å²) in [5.74, 6) is 0.396. The van der Waals surface area contributed by atoms with Gasteiger partial charge in [-0.25, -0.2) is 9.69 Å². The number of carbonyl (C=O) groups excluding carboxylic acids is 2. The molecule has 4 nitrogen and oxygen atoms in total. The van der Waals surface area contributed by atoms with Gasteiger partial charge in [0.1, 0.15) is 5.54 Å². The quantitative estimate of drug-likeness (QED) is 0.793. The maximum absolute atomic E-state index is 12.8. The van der Waals surface area contributed by atoms with Crippen LogP contribution >= 0.6 is 23.2 Å². The van der Waals surface area contributed by atoms with Crippen LogP contribution in [0, 0.1) is 5.92 Å². The Balaban J connectivity index is 1.94. The number of hydrogen-bond donors (Lipinski definition) is 1. The van der Waals surface area contributed by atoms with Crippen molar-refractivity contribution in [1.29, 1.82) is 0 Å². The van der Waals surface area contributed by atoms with E-state index in [1.807, 2.05) is 0 Å². The lowest BCUT2D eigenvalue weighted by atomic mass is 9.77. The zero-order chi connectivity index (χ0) is 15.2. The maximum Gasteiger partial charge on any atom is 0.329 e. The van der Waals surface area contributed by atoms with Crippen molar-refractivity contribution < 1.29 is 9.59 Å². The number of anilines is 1. The summed E-state index contributed by atoms with van der Waals surface area (Å²) in [4.78, 5) is 26.2. The maximum atomic E-state index is 12.8. The molecular formula is C15H16Cl2N2O2.